The van der Waals surface area contributed by atoms with Gasteiger partial charge in [-0.15, -0.1) is 0 Å². The molecule has 1 aliphatic rings. The summed E-state index contributed by atoms with van der Waals surface area (Å²) in [5.74, 6) is -1.02. The Bertz CT molecular complexity index is 396. The molecule has 0 aromatic carbocycles. The molecule has 2 N–H and O–H groups in total. The third-order valence-electron chi connectivity index (χ3n) is 4.87. The van der Waals surface area contributed by atoms with Crippen LogP contribution in [0.25, 0.3) is 0 Å². The number of aliphatic hydroxyl groups excluding tert-OH is 1. The van der Waals surface area contributed by atoms with Crippen LogP contribution in [0, 0.1) is 5.92 Å². The van der Waals surface area contributed by atoms with Crippen molar-refractivity contribution < 1.29 is 15.0 Å². The molecule has 0 aromatic heterocycles. The highest BCUT2D eigenvalue weighted by Gasteiger charge is 2.33. The number of hydrogen-bond acceptors (Lipinski definition) is 4. The van der Waals surface area contributed by atoms with Crippen molar-refractivity contribution in [1.29, 1.82) is 0 Å². The molecular formula is C19H36N2O3. The Balaban J connectivity index is 2.25. The number of hydrogen-bond donors (Lipinski definition) is 2. The maximum atomic E-state index is 11.2. The first-order valence-corrected chi connectivity index (χ1v) is 9.72. The fourth-order valence-corrected chi connectivity index (χ4v) is 3.28. The van der Waals surface area contributed by atoms with Gasteiger partial charge in [-0.3, -0.25) is 9.79 Å². The summed E-state index contributed by atoms with van der Waals surface area (Å²) < 4.78 is 0. The van der Waals surface area contributed by atoms with Crippen LogP contribution in [0.2, 0.25) is 0 Å². The normalized spacial score (nSPS) is 20.1. The molecule has 0 radical (unpaired) electrons. The molecule has 5 nitrogen and oxygen atoms in total. The number of rotatable bonds is 13. The van der Waals surface area contributed by atoms with E-state index in [-0.39, 0.29) is 6.04 Å². The molecule has 5 heteroatoms. The van der Waals surface area contributed by atoms with Crippen molar-refractivity contribution in [3.63, 3.8) is 0 Å². The fourth-order valence-electron chi connectivity index (χ4n) is 3.28. The maximum Gasteiger partial charge on any atom is 0.313 e. The highest BCUT2D eigenvalue weighted by Crippen LogP contribution is 2.21. The Hall–Kier alpha value is -1.10. The minimum atomic E-state index is -0.886. The number of amidine groups is 1. The molecule has 140 valence electrons. The SMILES string of the molecule is CCCCCCCCCCCC1CN(C(C)O)C(C(C)C(=O)O)=N1. The average molecular weight is 341 g/mol. The van der Waals surface area contributed by atoms with E-state index in [0.29, 0.717) is 12.4 Å². The van der Waals surface area contributed by atoms with Gasteiger partial charge in [0.05, 0.1) is 6.04 Å². The molecule has 0 aliphatic carbocycles. The van der Waals surface area contributed by atoms with Crippen LogP contribution in [0.1, 0.15) is 85.0 Å². The van der Waals surface area contributed by atoms with E-state index in [2.05, 4.69) is 11.9 Å². The van der Waals surface area contributed by atoms with Gasteiger partial charge in [-0.1, -0.05) is 64.7 Å². The largest absolute Gasteiger partial charge is 0.481 e. The van der Waals surface area contributed by atoms with E-state index >= 15 is 0 Å². The van der Waals surface area contributed by atoms with Gasteiger partial charge >= 0.3 is 5.97 Å². The number of carbonyl (C=O) groups is 1. The molecule has 0 saturated heterocycles. The van der Waals surface area contributed by atoms with Gasteiger partial charge in [0.2, 0.25) is 0 Å². The van der Waals surface area contributed by atoms with Gasteiger partial charge < -0.3 is 15.1 Å². The minimum absolute atomic E-state index is 0.126. The highest BCUT2D eigenvalue weighted by molar-refractivity contribution is 6.00. The molecule has 0 amide bonds. The summed E-state index contributed by atoms with van der Waals surface area (Å²) in [6.07, 6.45) is 12.0. The van der Waals surface area contributed by atoms with Crippen LogP contribution in [0.4, 0.5) is 0 Å². The van der Waals surface area contributed by atoms with E-state index in [9.17, 15) is 15.0 Å². The van der Waals surface area contributed by atoms with Gasteiger partial charge in [0.25, 0.3) is 0 Å². The molecule has 0 aromatic rings. The Morgan fingerprint density at radius 3 is 2.17 bits per heavy atom. The number of aliphatic carboxylic acids is 1. The predicted molar refractivity (Wildman–Crippen MR) is 98.3 cm³/mol. The number of carboxylic acids is 1. The van der Waals surface area contributed by atoms with E-state index in [0.717, 1.165) is 12.8 Å². The second-order valence-electron chi connectivity index (χ2n) is 7.10. The zero-order valence-electron chi connectivity index (χ0n) is 15.7. The Labute approximate surface area is 147 Å². The number of aliphatic hydroxyl groups is 1. The fraction of sp³-hybridized carbons (Fsp3) is 0.895. The standard InChI is InChI=1S/C19H36N2O3/c1-4-5-6-7-8-9-10-11-12-13-17-14-21(16(3)22)18(20-17)15(2)19(23)24/h15-17,22H,4-14H2,1-3H3,(H,23,24). The summed E-state index contributed by atoms with van der Waals surface area (Å²) >= 11 is 0. The first-order chi connectivity index (χ1) is 11.5. The topological polar surface area (TPSA) is 73.1 Å². The van der Waals surface area contributed by atoms with Crippen molar-refractivity contribution >= 4 is 11.8 Å². The molecule has 1 aliphatic heterocycles. The molecule has 3 atom stereocenters. The van der Waals surface area contributed by atoms with Crippen molar-refractivity contribution in [1.82, 2.24) is 4.90 Å². The van der Waals surface area contributed by atoms with Gasteiger partial charge in [0, 0.05) is 6.54 Å². The van der Waals surface area contributed by atoms with Gasteiger partial charge in [-0.2, -0.15) is 0 Å². The highest BCUT2D eigenvalue weighted by atomic mass is 16.4. The summed E-state index contributed by atoms with van der Waals surface area (Å²) in [6, 6.07) is 0.126. The Morgan fingerprint density at radius 2 is 1.67 bits per heavy atom. The molecule has 3 unspecified atom stereocenters. The van der Waals surface area contributed by atoms with E-state index in [1.165, 1.54) is 51.4 Å². The van der Waals surface area contributed by atoms with Crippen LogP contribution < -0.4 is 0 Å². The van der Waals surface area contributed by atoms with Crippen molar-refractivity contribution in [3.8, 4) is 0 Å². The molecule has 1 heterocycles. The van der Waals surface area contributed by atoms with E-state index < -0.39 is 18.1 Å². The third kappa shape index (κ3) is 7.20. The zero-order valence-corrected chi connectivity index (χ0v) is 15.7. The molecular weight excluding hydrogens is 304 g/mol. The first kappa shape index (κ1) is 20.9. The molecule has 1 rings (SSSR count). The van der Waals surface area contributed by atoms with Crippen LogP contribution >= 0.6 is 0 Å². The minimum Gasteiger partial charge on any atom is -0.481 e. The molecule has 24 heavy (non-hydrogen) atoms. The molecule has 0 spiro atoms. The van der Waals surface area contributed by atoms with E-state index in [4.69, 9.17) is 0 Å². The van der Waals surface area contributed by atoms with Crippen LogP contribution in [0.5, 0.6) is 0 Å². The number of aliphatic imine (C=N–C) groups is 1. The summed E-state index contributed by atoms with van der Waals surface area (Å²) in [5.41, 5.74) is 0. The molecule has 0 fully saturated rings. The smallest absolute Gasteiger partial charge is 0.313 e. The number of nitrogens with zero attached hydrogens (tertiary/aromatic N) is 2. The average Bonchev–Trinajstić information content (AvgIpc) is 2.96. The van der Waals surface area contributed by atoms with Crippen molar-refractivity contribution in [2.45, 2.75) is 97.2 Å². The summed E-state index contributed by atoms with van der Waals surface area (Å²) in [6.45, 7) is 6.19. The second-order valence-corrected chi connectivity index (χ2v) is 7.10. The lowest BCUT2D eigenvalue weighted by Gasteiger charge is -2.25. The lowest BCUT2D eigenvalue weighted by Crippen LogP contribution is -2.41. The van der Waals surface area contributed by atoms with Crippen LogP contribution in [0.15, 0.2) is 4.99 Å². The van der Waals surface area contributed by atoms with Crippen molar-refractivity contribution in [2.75, 3.05) is 6.54 Å². The summed E-state index contributed by atoms with van der Waals surface area (Å²) in [5, 5.41) is 19.0. The van der Waals surface area contributed by atoms with Gasteiger partial charge in [0.15, 0.2) is 0 Å². The molecule has 0 saturated carbocycles. The van der Waals surface area contributed by atoms with Gasteiger partial charge in [0.1, 0.15) is 18.0 Å². The monoisotopic (exact) mass is 340 g/mol. The lowest BCUT2D eigenvalue weighted by atomic mass is 10.0. The predicted octanol–water partition coefficient (Wildman–Crippen LogP) is 4.05. The maximum absolute atomic E-state index is 11.2. The van der Waals surface area contributed by atoms with Crippen LogP contribution in [0.3, 0.4) is 0 Å². The van der Waals surface area contributed by atoms with Crippen LogP contribution in [-0.2, 0) is 4.79 Å². The number of unbranched alkanes of at least 4 members (excludes halogenated alkanes) is 8. The Kier molecular flexibility index (Phi) is 9.99. The van der Waals surface area contributed by atoms with E-state index in [1.54, 1.807) is 18.7 Å². The van der Waals surface area contributed by atoms with Gasteiger partial charge in [-0.05, 0) is 20.3 Å². The van der Waals surface area contributed by atoms with Crippen molar-refractivity contribution in [3.05, 3.63) is 0 Å². The van der Waals surface area contributed by atoms with Crippen molar-refractivity contribution in [2.24, 2.45) is 10.9 Å². The quantitative estimate of drug-likeness (QED) is 0.496. The van der Waals surface area contributed by atoms with E-state index in [1.807, 2.05) is 0 Å². The second kappa shape index (κ2) is 11.5. The van der Waals surface area contributed by atoms with Crippen LogP contribution in [-0.4, -0.2) is 45.7 Å². The Morgan fingerprint density at radius 1 is 1.12 bits per heavy atom. The lowest BCUT2D eigenvalue weighted by molar-refractivity contribution is -0.139. The summed E-state index contributed by atoms with van der Waals surface area (Å²) in [7, 11) is 0. The molecule has 0 bridgehead atoms. The summed E-state index contributed by atoms with van der Waals surface area (Å²) in [4.78, 5) is 17.5. The third-order valence-corrected chi connectivity index (χ3v) is 4.87. The zero-order chi connectivity index (χ0) is 17.9. The van der Waals surface area contributed by atoms with Gasteiger partial charge in [-0.25, -0.2) is 0 Å². The number of carboxylic acid groups (broad SMARTS) is 1. The first-order valence-electron chi connectivity index (χ1n) is 9.72.